The van der Waals surface area contributed by atoms with Crippen LogP contribution in [0.4, 0.5) is 17.1 Å². The third kappa shape index (κ3) is 3.21. The number of nitrogens with zero attached hydrogens (tertiary/aromatic N) is 1. The van der Waals surface area contributed by atoms with Crippen LogP contribution in [-0.2, 0) is 0 Å². The second-order valence-electron chi connectivity index (χ2n) is 12.1. The molecule has 0 spiro atoms. The second kappa shape index (κ2) is 8.35. The Kier molecular flexibility index (Phi) is 4.74. The number of anilines is 3. The molecule has 0 N–H and O–H groups in total. The molecule has 204 valence electrons. The first kappa shape index (κ1) is 23.8. The van der Waals surface area contributed by atoms with Crippen LogP contribution in [0.25, 0.3) is 0 Å². The minimum Gasteiger partial charge on any atom is -0.458 e. The van der Waals surface area contributed by atoms with E-state index in [9.17, 15) is 0 Å². The highest BCUT2D eigenvalue weighted by atomic mass is 16.5. The number of ether oxygens (including phenoxy) is 4. The molecule has 0 radical (unpaired) electrons. The van der Waals surface area contributed by atoms with Gasteiger partial charge in [-0.05, 0) is 71.5 Å². The first-order chi connectivity index (χ1) is 20.4. The molecular weight excluding hydrogens is 521 g/mol. The van der Waals surface area contributed by atoms with E-state index in [1.54, 1.807) is 0 Å². The van der Waals surface area contributed by atoms with Gasteiger partial charge in [0.05, 0.1) is 17.1 Å². The lowest BCUT2D eigenvalue weighted by Gasteiger charge is -2.39. The van der Waals surface area contributed by atoms with Crippen molar-refractivity contribution in [3.63, 3.8) is 0 Å². The summed E-state index contributed by atoms with van der Waals surface area (Å²) in [5, 5.41) is 0. The van der Waals surface area contributed by atoms with Gasteiger partial charge in [0.25, 0.3) is 6.71 Å². The maximum absolute atomic E-state index is 6.79. The molecule has 0 atom stereocenters. The topological polar surface area (TPSA) is 40.2 Å². The van der Waals surface area contributed by atoms with Crippen LogP contribution < -0.4 is 40.2 Å². The summed E-state index contributed by atoms with van der Waals surface area (Å²) in [6.45, 7) is 8.79. The molecule has 0 fully saturated rings. The minimum absolute atomic E-state index is 0.0259. The van der Waals surface area contributed by atoms with Crippen molar-refractivity contribution in [2.75, 3.05) is 4.90 Å². The minimum atomic E-state index is -0.0259. The van der Waals surface area contributed by atoms with Crippen molar-refractivity contribution in [3.8, 4) is 46.0 Å². The number of benzene rings is 5. The van der Waals surface area contributed by atoms with Gasteiger partial charge >= 0.3 is 0 Å². The Labute approximate surface area is 245 Å². The molecule has 0 aliphatic carbocycles. The van der Waals surface area contributed by atoms with Gasteiger partial charge in [-0.15, -0.1) is 0 Å². The predicted molar refractivity (Wildman–Crippen MR) is 167 cm³/mol. The molecule has 0 aromatic heterocycles. The van der Waals surface area contributed by atoms with Gasteiger partial charge in [-0.2, -0.15) is 0 Å². The highest BCUT2D eigenvalue weighted by Gasteiger charge is 2.47. The van der Waals surface area contributed by atoms with Crippen LogP contribution in [-0.4, -0.2) is 6.71 Å². The second-order valence-corrected chi connectivity index (χ2v) is 12.1. The van der Waals surface area contributed by atoms with E-state index < -0.39 is 0 Å². The van der Waals surface area contributed by atoms with Crippen molar-refractivity contribution in [1.82, 2.24) is 0 Å². The lowest BCUT2D eigenvalue weighted by Crippen LogP contribution is -2.59. The van der Waals surface area contributed by atoms with Gasteiger partial charge < -0.3 is 23.8 Å². The van der Waals surface area contributed by atoms with Crippen molar-refractivity contribution in [1.29, 1.82) is 0 Å². The van der Waals surface area contributed by atoms with Crippen molar-refractivity contribution in [2.24, 2.45) is 0 Å². The molecule has 0 saturated heterocycles. The first-order valence-electron chi connectivity index (χ1n) is 14.7. The van der Waals surface area contributed by atoms with Gasteiger partial charge in [0.15, 0.2) is 11.5 Å². The van der Waals surface area contributed by atoms with Gasteiger partial charge in [-0.25, -0.2) is 0 Å². The summed E-state index contributed by atoms with van der Waals surface area (Å²) in [5.41, 5.74) is 8.48. The Hall–Kier alpha value is -4.84. The van der Waals surface area contributed by atoms with E-state index in [4.69, 9.17) is 18.9 Å². The number of hydrogen-bond acceptors (Lipinski definition) is 5. The van der Waals surface area contributed by atoms with Crippen molar-refractivity contribution in [2.45, 2.75) is 39.5 Å². The molecule has 5 aromatic carbocycles. The Morgan fingerprint density at radius 3 is 1.24 bits per heavy atom. The van der Waals surface area contributed by atoms with Crippen LogP contribution in [0.5, 0.6) is 46.0 Å². The maximum atomic E-state index is 6.79. The highest BCUT2D eigenvalue weighted by molar-refractivity contribution is 6.99. The van der Waals surface area contributed by atoms with Crippen LogP contribution in [0.1, 0.15) is 50.7 Å². The normalized spacial score (nSPS) is 14.3. The zero-order valence-corrected chi connectivity index (χ0v) is 23.9. The quantitative estimate of drug-likeness (QED) is 0.207. The summed E-state index contributed by atoms with van der Waals surface area (Å²) < 4.78 is 26.5. The predicted octanol–water partition coefficient (Wildman–Crippen LogP) is 8.34. The fraction of sp³-hybridized carbons (Fsp3) is 0.167. The molecule has 0 amide bonds. The number of rotatable bonds is 3. The van der Waals surface area contributed by atoms with Crippen LogP contribution in [0.2, 0.25) is 0 Å². The van der Waals surface area contributed by atoms with E-state index in [1.165, 1.54) is 11.1 Å². The van der Waals surface area contributed by atoms with Crippen LogP contribution >= 0.6 is 0 Å². The molecule has 4 heterocycles. The standard InChI is InChI=1S/C36H28BNO4/c1-19(2)21-13-28-34-30(15-21)41-32-17-23(38-24-9-5-7-11-26(24)39-27-12-8-6-10-25(27)38)18-33-36(32)37(34)35-29(40-28)14-22(20(3)4)16-31(35)42-33/h5-20H,1-4H3. The van der Waals surface area contributed by atoms with E-state index in [-0.39, 0.29) is 6.71 Å². The maximum Gasteiger partial charge on any atom is 0.270 e. The van der Waals surface area contributed by atoms with E-state index in [1.807, 2.05) is 36.4 Å². The fourth-order valence-corrected chi connectivity index (χ4v) is 6.76. The summed E-state index contributed by atoms with van der Waals surface area (Å²) in [5.74, 6) is 7.34. The molecular formula is C36H28BNO4. The van der Waals surface area contributed by atoms with E-state index in [2.05, 4.69) is 81.1 Å². The van der Waals surface area contributed by atoms with Gasteiger partial charge in [0.1, 0.15) is 34.5 Å². The summed E-state index contributed by atoms with van der Waals surface area (Å²) in [6, 6.07) is 29.3. The Bertz CT molecular complexity index is 1850. The zero-order valence-electron chi connectivity index (χ0n) is 23.9. The molecule has 0 saturated carbocycles. The van der Waals surface area contributed by atoms with Gasteiger partial charge in [-0.3, -0.25) is 0 Å². The van der Waals surface area contributed by atoms with E-state index in [0.717, 1.165) is 79.4 Å². The van der Waals surface area contributed by atoms with E-state index >= 15 is 0 Å². The Morgan fingerprint density at radius 2 is 0.833 bits per heavy atom. The molecule has 42 heavy (non-hydrogen) atoms. The molecule has 4 aliphatic rings. The number of hydrogen-bond donors (Lipinski definition) is 0. The van der Waals surface area contributed by atoms with Crippen molar-refractivity contribution >= 4 is 40.2 Å². The summed E-state index contributed by atoms with van der Waals surface area (Å²) in [6.07, 6.45) is 0. The molecule has 9 rings (SSSR count). The molecule has 5 aromatic rings. The number of fused-ring (bicyclic) bond motifs is 2. The summed E-state index contributed by atoms with van der Waals surface area (Å²) in [4.78, 5) is 2.23. The molecule has 6 heteroatoms. The highest BCUT2D eigenvalue weighted by Crippen LogP contribution is 2.52. The average molecular weight is 549 g/mol. The Balaban J connectivity index is 1.31. The monoisotopic (exact) mass is 549 g/mol. The number of para-hydroxylation sites is 4. The molecule has 0 unspecified atom stereocenters. The Morgan fingerprint density at radius 1 is 0.476 bits per heavy atom. The third-order valence-corrected chi connectivity index (χ3v) is 8.89. The van der Waals surface area contributed by atoms with Crippen LogP contribution in [0.3, 0.4) is 0 Å². The molecule has 4 aliphatic heterocycles. The van der Waals surface area contributed by atoms with Gasteiger partial charge in [0.2, 0.25) is 0 Å². The van der Waals surface area contributed by atoms with Crippen LogP contribution in [0.15, 0.2) is 84.9 Å². The summed E-state index contributed by atoms with van der Waals surface area (Å²) in [7, 11) is 0. The van der Waals surface area contributed by atoms with Gasteiger partial charge in [-0.1, -0.05) is 52.0 Å². The van der Waals surface area contributed by atoms with E-state index in [0.29, 0.717) is 11.8 Å². The largest absolute Gasteiger partial charge is 0.458 e. The molecule has 5 nitrogen and oxygen atoms in total. The molecule has 0 bridgehead atoms. The average Bonchev–Trinajstić information content (AvgIpc) is 2.99. The third-order valence-electron chi connectivity index (χ3n) is 8.89. The fourth-order valence-electron chi connectivity index (χ4n) is 6.76. The van der Waals surface area contributed by atoms with Gasteiger partial charge in [0, 0.05) is 28.5 Å². The smallest absolute Gasteiger partial charge is 0.270 e. The lowest BCUT2D eigenvalue weighted by atomic mass is 9.33. The van der Waals surface area contributed by atoms with Crippen molar-refractivity contribution in [3.05, 3.63) is 96.1 Å². The lowest BCUT2D eigenvalue weighted by molar-refractivity contribution is 0.440. The SMILES string of the molecule is CC(C)c1cc2c3c(c1)Oc1cc(N4c5ccccc5Oc5ccccc54)cc4c1B3c1c(cc(C(C)C)cc1O4)O2. The summed E-state index contributed by atoms with van der Waals surface area (Å²) >= 11 is 0. The van der Waals surface area contributed by atoms with Crippen molar-refractivity contribution < 1.29 is 18.9 Å². The van der Waals surface area contributed by atoms with Crippen LogP contribution in [0, 0.1) is 0 Å². The zero-order chi connectivity index (χ0) is 28.3. The first-order valence-corrected chi connectivity index (χ1v) is 14.7.